The summed E-state index contributed by atoms with van der Waals surface area (Å²) in [6.45, 7) is 3.50. The number of aliphatic hydroxyl groups is 1. The van der Waals surface area contributed by atoms with Crippen LogP contribution >= 0.6 is 0 Å². The zero-order chi connectivity index (χ0) is 13.8. The number of benzene rings is 1. The molecule has 0 spiro atoms. The summed E-state index contributed by atoms with van der Waals surface area (Å²) in [7, 11) is -3.44. The molecule has 0 aliphatic rings. The summed E-state index contributed by atoms with van der Waals surface area (Å²) in [6.07, 6.45) is 0. The van der Waals surface area contributed by atoms with Gasteiger partial charge in [-0.25, -0.2) is 8.42 Å². The van der Waals surface area contributed by atoms with E-state index in [2.05, 4.69) is 0 Å². The van der Waals surface area contributed by atoms with E-state index < -0.39 is 10.0 Å². The van der Waals surface area contributed by atoms with Gasteiger partial charge in [-0.15, -0.1) is 0 Å². The van der Waals surface area contributed by atoms with Crippen molar-refractivity contribution in [3.05, 3.63) is 29.8 Å². The molecule has 6 heteroatoms. The fourth-order valence-corrected chi connectivity index (χ4v) is 3.56. The minimum atomic E-state index is -3.44. The lowest BCUT2D eigenvalue weighted by Gasteiger charge is -2.25. The van der Waals surface area contributed by atoms with Crippen molar-refractivity contribution in [2.24, 2.45) is 0 Å². The number of aliphatic hydroxyl groups excluding tert-OH is 1. The van der Waals surface area contributed by atoms with E-state index in [0.29, 0.717) is 11.3 Å². The summed E-state index contributed by atoms with van der Waals surface area (Å²) in [6, 6.07) is 6.64. The van der Waals surface area contributed by atoms with E-state index in [1.807, 2.05) is 0 Å². The van der Waals surface area contributed by atoms with E-state index in [4.69, 9.17) is 10.8 Å². The number of nitrogens with two attached hydrogens (primary N) is 1. The van der Waals surface area contributed by atoms with Crippen LogP contribution in [-0.4, -0.2) is 37.0 Å². The maximum Gasteiger partial charge on any atom is 0.218 e. The minimum absolute atomic E-state index is 0.101. The quantitative estimate of drug-likeness (QED) is 0.750. The molecular formula is C12H20N2O3S. The molecule has 0 saturated heterocycles. The fourth-order valence-electron chi connectivity index (χ4n) is 1.79. The molecule has 0 aliphatic carbocycles. The average Bonchev–Trinajstić information content (AvgIpc) is 2.24. The van der Waals surface area contributed by atoms with Crippen LogP contribution in [0.1, 0.15) is 19.4 Å². The Morgan fingerprint density at radius 2 is 2.06 bits per heavy atom. The van der Waals surface area contributed by atoms with Gasteiger partial charge in [-0.1, -0.05) is 12.1 Å². The largest absolute Gasteiger partial charge is 0.399 e. The highest BCUT2D eigenvalue weighted by atomic mass is 32.2. The average molecular weight is 272 g/mol. The Morgan fingerprint density at radius 1 is 1.39 bits per heavy atom. The van der Waals surface area contributed by atoms with Crippen LogP contribution in [0.3, 0.4) is 0 Å². The predicted octanol–water partition coefficient (Wildman–Crippen LogP) is 0.801. The molecule has 5 nitrogen and oxygen atoms in total. The molecule has 1 rings (SSSR count). The normalized spacial score (nSPS) is 12.3. The van der Waals surface area contributed by atoms with Crippen LogP contribution in [0.15, 0.2) is 24.3 Å². The first kappa shape index (κ1) is 14.9. The Morgan fingerprint density at radius 3 is 2.56 bits per heavy atom. The molecule has 0 bridgehead atoms. The maximum atomic E-state index is 12.2. The van der Waals surface area contributed by atoms with Crippen LogP contribution in [0.5, 0.6) is 0 Å². The first-order chi connectivity index (χ1) is 8.36. The molecular weight excluding hydrogens is 252 g/mol. The van der Waals surface area contributed by atoms with Gasteiger partial charge < -0.3 is 10.8 Å². The highest BCUT2D eigenvalue weighted by Crippen LogP contribution is 2.15. The van der Waals surface area contributed by atoms with Gasteiger partial charge in [0.25, 0.3) is 0 Å². The Balaban J connectivity index is 2.92. The third-order valence-corrected chi connectivity index (χ3v) is 4.57. The third kappa shape index (κ3) is 3.97. The van der Waals surface area contributed by atoms with Crippen LogP contribution in [0.2, 0.25) is 0 Å². The molecule has 0 atom stereocenters. The number of anilines is 1. The standard InChI is InChI=1S/C12H20N2O3S/c1-10(2)14(6-7-15)18(16,17)9-11-4-3-5-12(13)8-11/h3-5,8,10,15H,6-7,9,13H2,1-2H3. The summed E-state index contributed by atoms with van der Waals surface area (Å²) in [5, 5.41) is 8.93. The molecule has 0 unspecified atom stereocenters. The van der Waals surface area contributed by atoms with E-state index in [-0.39, 0.29) is 24.9 Å². The zero-order valence-electron chi connectivity index (χ0n) is 10.7. The lowest BCUT2D eigenvalue weighted by Crippen LogP contribution is -2.39. The summed E-state index contributed by atoms with van der Waals surface area (Å²) < 4.78 is 25.7. The van der Waals surface area contributed by atoms with E-state index in [9.17, 15) is 8.42 Å². The van der Waals surface area contributed by atoms with Gasteiger partial charge in [-0.2, -0.15) is 4.31 Å². The first-order valence-corrected chi connectivity index (χ1v) is 7.42. The van der Waals surface area contributed by atoms with Crippen molar-refractivity contribution in [3.63, 3.8) is 0 Å². The van der Waals surface area contributed by atoms with Gasteiger partial charge >= 0.3 is 0 Å². The van der Waals surface area contributed by atoms with Gasteiger partial charge in [0.1, 0.15) is 0 Å². The molecule has 3 N–H and O–H groups in total. The lowest BCUT2D eigenvalue weighted by atomic mass is 10.2. The molecule has 0 fully saturated rings. The lowest BCUT2D eigenvalue weighted by molar-refractivity contribution is 0.236. The van der Waals surface area contributed by atoms with Crippen molar-refractivity contribution in [1.29, 1.82) is 0 Å². The smallest absolute Gasteiger partial charge is 0.218 e. The van der Waals surface area contributed by atoms with Gasteiger partial charge in [0.2, 0.25) is 10.0 Å². The Bertz CT molecular complexity index is 486. The van der Waals surface area contributed by atoms with Gasteiger partial charge in [-0.3, -0.25) is 0 Å². The third-order valence-electron chi connectivity index (χ3n) is 2.55. The first-order valence-electron chi connectivity index (χ1n) is 5.81. The summed E-state index contributed by atoms with van der Waals surface area (Å²) in [4.78, 5) is 0. The van der Waals surface area contributed by atoms with Gasteiger partial charge in [0, 0.05) is 18.3 Å². The van der Waals surface area contributed by atoms with Crippen LogP contribution in [-0.2, 0) is 15.8 Å². The molecule has 0 aromatic heterocycles. The van der Waals surface area contributed by atoms with Gasteiger partial charge in [0.05, 0.1) is 12.4 Å². The number of hydrogen-bond donors (Lipinski definition) is 2. The van der Waals surface area contributed by atoms with Crippen LogP contribution in [0.25, 0.3) is 0 Å². The monoisotopic (exact) mass is 272 g/mol. The van der Waals surface area contributed by atoms with Crippen LogP contribution < -0.4 is 5.73 Å². The highest BCUT2D eigenvalue weighted by Gasteiger charge is 2.24. The summed E-state index contributed by atoms with van der Waals surface area (Å²) >= 11 is 0. The molecule has 18 heavy (non-hydrogen) atoms. The van der Waals surface area contributed by atoms with Gasteiger partial charge in [-0.05, 0) is 31.5 Å². The van der Waals surface area contributed by atoms with Crippen LogP contribution in [0, 0.1) is 0 Å². The number of rotatable bonds is 6. The van der Waals surface area contributed by atoms with Crippen LogP contribution in [0.4, 0.5) is 5.69 Å². The second kappa shape index (κ2) is 6.17. The number of nitrogen functional groups attached to an aromatic ring is 1. The number of sulfonamides is 1. The Labute approximate surface area is 108 Å². The molecule has 0 radical (unpaired) electrons. The van der Waals surface area contributed by atoms with Crippen molar-refractivity contribution in [1.82, 2.24) is 4.31 Å². The molecule has 1 aromatic carbocycles. The minimum Gasteiger partial charge on any atom is -0.399 e. The topological polar surface area (TPSA) is 83.6 Å². The molecule has 0 amide bonds. The van der Waals surface area contributed by atoms with E-state index in [1.165, 1.54) is 4.31 Å². The number of hydrogen-bond acceptors (Lipinski definition) is 4. The Hall–Kier alpha value is -1.11. The van der Waals surface area contributed by atoms with E-state index in [0.717, 1.165) is 0 Å². The zero-order valence-corrected chi connectivity index (χ0v) is 11.5. The van der Waals surface area contributed by atoms with Crippen molar-refractivity contribution in [2.45, 2.75) is 25.6 Å². The van der Waals surface area contributed by atoms with Crippen molar-refractivity contribution in [3.8, 4) is 0 Å². The van der Waals surface area contributed by atoms with Crippen molar-refractivity contribution >= 4 is 15.7 Å². The highest BCUT2D eigenvalue weighted by molar-refractivity contribution is 7.88. The maximum absolute atomic E-state index is 12.2. The fraction of sp³-hybridized carbons (Fsp3) is 0.500. The van der Waals surface area contributed by atoms with E-state index in [1.54, 1.807) is 38.1 Å². The SMILES string of the molecule is CC(C)N(CCO)S(=O)(=O)Cc1cccc(N)c1. The van der Waals surface area contributed by atoms with Crippen molar-refractivity contribution in [2.75, 3.05) is 18.9 Å². The van der Waals surface area contributed by atoms with Crippen molar-refractivity contribution < 1.29 is 13.5 Å². The second-order valence-electron chi connectivity index (χ2n) is 4.43. The Kier molecular flexibility index (Phi) is 5.13. The molecule has 0 aliphatic heterocycles. The molecule has 102 valence electrons. The number of nitrogens with zero attached hydrogens (tertiary/aromatic N) is 1. The van der Waals surface area contributed by atoms with Gasteiger partial charge in [0.15, 0.2) is 0 Å². The second-order valence-corrected chi connectivity index (χ2v) is 6.35. The molecule has 0 heterocycles. The predicted molar refractivity (Wildman–Crippen MR) is 72.4 cm³/mol. The molecule has 1 aromatic rings. The summed E-state index contributed by atoms with van der Waals surface area (Å²) in [5.41, 5.74) is 6.82. The molecule has 0 saturated carbocycles. The van der Waals surface area contributed by atoms with E-state index >= 15 is 0 Å². The summed E-state index contributed by atoms with van der Waals surface area (Å²) in [5.74, 6) is -0.101.